The van der Waals surface area contributed by atoms with E-state index < -0.39 is 17.8 Å². The molecule has 1 atom stereocenters. The molecule has 1 unspecified atom stereocenters. The predicted molar refractivity (Wildman–Crippen MR) is 92.2 cm³/mol. The van der Waals surface area contributed by atoms with Crippen molar-refractivity contribution in [3.63, 3.8) is 0 Å². The standard InChI is InChI=1S/C19H21NO6/c21-18(20-12-15(19(22)23)13-8-10-24-11-9-13)16-6-7-17(26-16)25-14-4-2-1-3-5-14/h1-7,13,15H,8-12H2,(H,20,21)(H,22,23). The maximum atomic E-state index is 12.2. The average Bonchev–Trinajstić information content (AvgIpc) is 3.12. The molecule has 0 saturated carbocycles. The minimum atomic E-state index is -0.912. The first-order valence-electron chi connectivity index (χ1n) is 8.55. The second kappa shape index (κ2) is 8.53. The van der Waals surface area contributed by atoms with Crippen molar-refractivity contribution in [3.8, 4) is 11.7 Å². The summed E-state index contributed by atoms with van der Waals surface area (Å²) in [5.74, 6) is -1.16. The third kappa shape index (κ3) is 4.64. The van der Waals surface area contributed by atoms with E-state index in [2.05, 4.69) is 5.32 Å². The molecule has 2 N–H and O–H groups in total. The number of nitrogens with one attached hydrogen (secondary N) is 1. The van der Waals surface area contributed by atoms with Crippen LogP contribution in [0.5, 0.6) is 11.7 Å². The van der Waals surface area contributed by atoms with Crippen LogP contribution < -0.4 is 10.1 Å². The molecule has 0 spiro atoms. The molecule has 1 aliphatic heterocycles. The zero-order valence-electron chi connectivity index (χ0n) is 14.2. The van der Waals surface area contributed by atoms with Gasteiger partial charge in [0, 0.05) is 25.8 Å². The van der Waals surface area contributed by atoms with Crippen molar-refractivity contribution in [1.29, 1.82) is 0 Å². The number of ether oxygens (including phenoxy) is 2. The van der Waals surface area contributed by atoms with Crippen LogP contribution in [0, 0.1) is 11.8 Å². The number of aliphatic carboxylic acids is 1. The highest BCUT2D eigenvalue weighted by Gasteiger charge is 2.30. The first kappa shape index (κ1) is 18.0. The largest absolute Gasteiger partial charge is 0.481 e. The van der Waals surface area contributed by atoms with E-state index in [0.29, 0.717) is 31.8 Å². The number of hydrogen-bond donors (Lipinski definition) is 2. The quantitative estimate of drug-likeness (QED) is 0.789. The van der Waals surface area contributed by atoms with Crippen LogP contribution in [0.4, 0.5) is 0 Å². The van der Waals surface area contributed by atoms with Gasteiger partial charge in [0.05, 0.1) is 5.92 Å². The number of carboxylic acid groups (broad SMARTS) is 1. The van der Waals surface area contributed by atoms with E-state index in [0.717, 1.165) is 0 Å². The van der Waals surface area contributed by atoms with Crippen LogP contribution in [0.1, 0.15) is 23.4 Å². The molecule has 1 fully saturated rings. The summed E-state index contributed by atoms with van der Waals surface area (Å²) in [4.78, 5) is 23.8. The Morgan fingerprint density at radius 1 is 1.15 bits per heavy atom. The average molecular weight is 359 g/mol. The van der Waals surface area contributed by atoms with Crippen molar-refractivity contribution in [2.75, 3.05) is 19.8 Å². The van der Waals surface area contributed by atoms with Gasteiger partial charge in [-0.1, -0.05) is 18.2 Å². The van der Waals surface area contributed by atoms with Gasteiger partial charge in [0.25, 0.3) is 11.9 Å². The summed E-state index contributed by atoms with van der Waals surface area (Å²) in [6.45, 7) is 1.16. The van der Waals surface area contributed by atoms with E-state index >= 15 is 0 Å². The number of para-hydroxylation sites is 1. The van der Waals surface area contributed by atoms with Crippen molar-refractivity contribution in [1.82, 2.24) is 5.32 Å². The van der Waals surface area contributed by atoms with Crippen LogP contribution in [-0.2, 0) is 9.53 Å². The molecule has 0 radical (unpaired) electrons. The molecular formula is C19H21NO6. The number of carbonyl (C=O) groups is 2. The second-order valence-corrected chi connectivity index (χ2v) is 6.14. The Labute approximate surface area is 150 Å². The fourth-order valence-corrected chi connectivity index (χ4v) is 2.97. The van der Waals surface area contributed by atoms with Crippen LogP contribution in [0.3, 0.4) is 0 Å². The summed E-state index contributed by atoms with van der Waals surface area (Å²) in [5.41, 5.74) is 0. The Morgan fingerprint density at radius 2 is 1.88 bits per heavy atom. The number of rotatable bonds is 7. The normalized spacial score (nSPS) is 16.0. The van der Waals surface area contributed by atoms with Gasteiger partial charge in [-0.2, -0.15) is 0 Å². The predicted octanol–water partition coefficient (Wildman–Crippen LogP) is 2.93. The molecule has 1 aromatic heterocycles. The number of benzene rings is 1. The van der Waals surface area contributed by atoms with Gasteiger partial charge in [0.15, 0.2) is 5.76 Å². The first-order valence-corrected chi connectivity index (χ1v) is 8.55. The first-order chi connectivity index (χ1) is 12.6. The lowest BCUT2D eigenvalue weighted by atomic mass is 9.86. The molecule has 7 heteroatoms. The third-order valence-electron chi connectivity index (χ3n) is 4.40. The van der Waals surface area contributed by atoms with Gasteiger partial charge >= 0.3 is 5.97 Å². The molecule has 0 bridgehead atoms. The lowest BCUT2D eigenvalue weighted by molar-refractivity contribution is -0.144. The summed E-state index contributed by atoms with van der Waals surface area (Å²) in [6.07, 6.45) is 1.37. The van der Waals surface area contributed by atoms with Crippen LogP contribution in [0.2, 0.25) is 0 Å². The van der Waals surface area contributed by atoms with Crippen LogP contribution >= 0.6 is 0 Å². The van der Waals surface area contributed by atoms with E-state index in [1.54, 1.807) is 18.2 Å². The highest BCUT2D eigenvalue weighted by Crippen LogP contribution is 2.25. The van der Waals surface area contributed by atoms with E-state index in [-0.39, 0.29) is 24.2 Å². The summed E-state index contributed by atoms with van der Waals surface area (Å²) in [7, 11) is 0. The van der Waals surface area contributed by atoms with Gasteiger partial charge in [-0.25, -0.2) is 0 Å². The number of amides is 1. The van der Waals surface area contributed by atoms with Crippen molar-refractivity contribution in [2.24, 2.45) is 11.8 Å². The Balaban J connectivity index is 1.56. The molecule has 3 rings (SSSR count). The van der Waals surface area contributed by atoms with Gasteiger partial charge in [-0.15, -0.1) is 0 Å². The van der Waals surface area contributed by atoms with E-state index in [9.17, 15) is 14.7 Å². The van der Waals surface area contributed by atoms with Crippen LogP contribution in [-0.4, -0.2) is 36.7 Å². The number of furan rings is 1. The zero-order chi connectivity index (χ0) is 18.4. The Kier molecular flexibility index (Phi) is 5.91. The summed E-state index contributed by atoms with van der Waals surface area (Å²) in [5, 5.41) is 12.1. The highest BCUT2D eigenvalue weighted by molar-refractivity contribution is 5.91. The molecule has 138 valence electrons. The fourth-order valence-electron chi connectivity index (χ4n) is 2.97. The Hall–Kier alpha value is -2.80. The molecule has 2 heterocycles. The highest BCUT2D eigenvalue weighted by atomic mass is 16.6. The molecule has 26 heavy (non-hydrogen) atoms. The second-order valence-electron chi connectivity index (χ2n) is 6.14. The molecule has 1 saturated heterocycles. The van der Waals surface area contributed by atoms with E-state index in [1.165, 1.54) is 6.07 Å². The van der Waals surface area contributed by atoms with Crippen LogP contribution in [0.15, 0.2) is 46.9 Å². The number of carboxylic acids is 1. The molecule has 1 amide bonds. The molecular weight excluding hydrogens is 338 g/mol. The third-order valence-corrected chi connectivity index (χ3v) is 4.40. The maximum absolute atomic E-state index is 12.2. The Morgan fingerprint density at radius 3 is 2.58 bits per heavy atom. The molecule has 2 aromatic rings. The lowest BCUT2D eigenvalue weighted by Crippen LogP contribution is -2.38. The van der Waals surface area contributed by atoms with Gasteiger partial charge < -0.3 is 24.3 Å². The molecule has 1 aliphatic rings. The number of carbonyl (C=O) groups excluding carboxylic acids is 1. The van der Waals surface area contributed by atoms with E-state index in [1.807, 2.05) is 18.2 Å². The van der Waals surface area contributed by atoms with Gasteiger partial charge in [0.2, 0.25) is 0 Å². The molecule has 1 aromatic carbocycles. The van der Waals surface area contributed by atoms with E-state index in [4.69, 9.17) is 13.9 Å². The topological polar surface area (TPSA) is 98.0 Å². The van der Waals surface area contributed by atoms with Crippen molar-refractivity contribution < 1.29 is 28.6 Å². The van der Waals surface area contributed by atoms with Crippen molar-refractivity contribution >= 4 is 11.9 Å². The van der Waals surface area contributed by atoms with Gasteiger partial charge in [-0.05, 0) is 37.0 Å². The smallest absolute Gasteiger partial charge is 0.308 e. The van der Waals surface area contributed by atoms with Crippen LogP contribution in [0.25, 0.3) is 0 Å². The summed E-state index contributed by atoms with van der Waals surface area (Å²) >= 11 is 0. The minimum absolute atomic E-state index is 0.00451. The molecule has 0 aliphatic carbocycles. The maximum Gasteiger partial charge on any atom is 0.308 e. The zero-order valence-corrected chi connectivity index (χ0v) is 14.2. The minimum Gasteiger partial charge on any atom is -0.481 e. The SMILES string of the molecule is O=C(NCC(C(=O)O)C1CCOCC1)c1ccc(Oc2ccccc2)o1. The summed E-state index contributed by atoms with van der Waals surface area (Å²) < 4.78 is 16.2. The molecule has 7 nitrogen and oxygen atoms in total. The fraction of sp³-hybridized carbons (Fsp3) is 0.368. The monoisotopic (exact) mass is 359 g/mol. The van der Waals surface area contributed by atoms with Crippen molar-refractivity contribution in [2.45, 2.75) is 12.8 Å². The van der Waals surface area contributed by atoms with Crippen molar-refractivity contribution in [3.05, 3.63) is 48.2 Å². The lowest BCUT2D eigenvalue weighted by Gasteiger charge is -2.27. The Bertz CT molecular complexity index is 735. The number of hydrogen-bond acceptors (Lipinski definition) is 5. The summed E-state index contributed by atoms with van der Waals surface area (Å²) in [6, 6.07) is 12.1. The van der Waals surface area contributed by atoms with Gasteiger partial charge in [0.1, 0.15) is 5.75 Å². The van der Waals surface area contributed by atoms with Gasteiger partial charge in [-0.3, -0.25) is 9.59 Å².